The maximum Gasteiger partial charge on any atom is 0.416 e. The fourth-order valence-corrected chi connectivity index (χ4v) is 2.87. The number of nitrogens with one attached hydrogen (secondary N) is 1. The second-order valence-corrected chi connectivity index (χ2v) is 5.12. The third-order valence-electron chi connectivity index (χ3n) is 3.84. The minimum atomic E-state index is -4.24. The number of fused-ring (bicyclic) bond motifs is 2. The Morgan fingerprint density at radius 3 is 2.44 bits per heavy atom. The molecule has 2 nitrogen and oxygen atoms in total. The number of nitrogens with zero attached hydrogens (tertiary/aromatic N) is 1. The van der Waals surface area contributed by atoms with Crippen molar-refractivity contribution >= 4 is 0 Å². The van der Waals surface area contributed by atoms with Crippen LogP contribution in [0.5, 0.6) is 0 Å². The first-order valence-corrected chi connectivity index (χ1v) is 6.16. The average molecular weight is 256 g/mol. The summed E-state index contributed by atoms with van der Waals surface area (Å²) in [6, 6.07) is 6.63. The zero-order valence-electron chi connectivity index (χ0n) is 9.87. The Kier molecular flexibility index (Phi) is 2.83. The molecule has 0 unspecified atom stereocenters. The number of alkyl halides is 3. The third-order valence-corrected chi connectivity index (χ3v) is 3.84. The lowest BCUT2D eigenvalue weighted by atomic mass is 10.1. The molecule has 3 rings (SSSR count). The molecule has 98 valence electrons. The lowest BCUT2D eigenvalue weighted by molar-refractivity contribution is -0.137. The number of benzene rings is 1. The maximum absolute atomic E-state index is 12.4. The van der Waals surface area contributed by atoms with E-state index in [0.29, 0.717) is 12.1 Å². The smallest absolute Gasteiger partial charge is 0.311 e. The van der Waals surface area contributed by atoms with E-state index in [1.54, 1.807) is 12.1 Å². The van der Waals surface area contributed by atoms with Gasteiger partial charge in [0.25, 0.3) is 0 Å². The van der Waals surface area contributed by atoms with Crippen LogP contribution < -0.4 is 5.32 Å². The lowest BCUT2D eigenvalue weighted by Crippen LogP contribution is -2.42. The van der Waals surface area contributed by atoms with Crippen LogP contribution >= 0.6 is 0 Å². The molecule has 1 N–H and O–H groups in total. The van der Waals surface area contributed by atoms with Crippen molar-refractivity contribution in [1.29, 1.82) is 0 Å². The van der Waals surface area contributed by atoms with Gasteiger partial charge in [-0.05, 0) is 24.1 Å². The molecule has 5 heteroatoms. The van der Waals surface area contributed by atoms with Crippen LogP contribution in [0.3, 0.4) is 0 Å². The van der Waals surface area contributed by atoms with Gasteiger partial charge in [-0.25, -0.2) is 0 Å². The summed E-state index contributed by atoms with van der Waals surface area (Å²) < 4.78 is 37.3. The van der Waals surface area contributed by atoms with Crippen LogP contribution in [0.4, 0.5) is 13.2 Å². The highest BCUT2D eigenvalue weighted by Gasteiger charge is 2.37. The van der Waals surface area contributed by atoms with Gasteiger partial charge in [0.1, 0.15) is 0 Å². The summed E-state index contributed by atoms with van der Waals surface area (Å²) in [6.07, 6.45) is -3.07. The van der Waals surface area contributed by atoms with E-state index in [1.165, 1.54) is 18.6 Å². The van der Waals surface area contributed by atoms with E-state index < -0.39 is 11.7 Å². The Morgan fingerprint density at radius 1 is 1.22 bits per heavy atom. The molecule has 2 bridgehead atoms. The van der Waals surface area contributed by atoms with Gasteiger partial charge in [0.2, 0.25) is 0 Å². The predicted octanol–water partition coefficient (Wildman–Crippen LogP) is 2.25. The van der Waals surface area contributed by atoms with Crippen molar-refractivity contribution in [2.45, 2.75) is 31.2 Å². The van der Waals surface area contributed by atoms with Gasteiger partial charge in [-0.1, -0.05) is 12.1 Å². The zero-order chi connectivity index (χ0) is 12.8. The average Bonchev–Trinajstić information content (AvgIpc) is 2.90. The van der Waals surface area contributed by atoms with Crippen molar-refractivity contribution in [2.24, 2.45) is 0 Å². The van der Waals surface area contributed by atoms with Gasteiger partial charge in [0, 0.05) is 31.7 Å². The van der Waals surface area contributed by atoms with E-state index >= 15 is 0 Å². The Bertz CT molecular complexity index is 427. The molecular formula is C13H15F3N2. The molecule has 1 aromatic carbocycles. The second-order valence-electron chi connectivity index (χ2n) is 5.12. The van der Waals surface area contributed by atoms with Crippen molar-refractivity contribution in [1.82, 2.24) is 10.2 Å². The molecule has 2 aliphatic heterocycles. The summed E-state index contributed by atoms with van der Waals surface area (Å²) in [5, 5.41) is 3.41. The van der Waals surface area contributed by atoms with Crippen LogP contribution in [0.15, 0.2) is 24.3 Å². The fraction of sp³-hybridized carbons (Fsp3) is 0.538. The second kappa shape index (κ2) is 4.24. The largest absolute Gasteiger partial charge is 0.416 e. The zero-order valence-corrected chi connectivity index (χ0v) is 9.87. The number of rotatable bonds is 2. The lowest BCUT2D eigenvalue weighted by Gasteiger charge is -2.27. The number of hydrogen-bond acceptors (Lipinski definition) is 2. The van der Waals surface area contributed by atoms with E-state index in [2.05, 4.69) is 10.2 Å². The standard InChI is InChI=1S/C13H15F3N2/c14-13(15,16)10-3-1-9(2-4-10)7-18-8-11-5-12(18)6-17-11/h1-4,11-12,17H,5-8H2/t11-,12+/m1/s1. The molecule has 0 amide bonds. The van der Waals surface area contributed by atoms with Crippen LogP contribution in [-0.4, -0.2) is 30.1 Å². The predicted molar refractivity (Wildman–Crippen MR) is 62.0 cm³/mol. The molecule has 2 aliphatic rings. The number of halogens is 3. The van der Waals surface area contributed by atoms with Crippen LogP contribution in [0.2, 0.25) is 0 Å². The summed E-state index contributed by atoms with van der Waals surface area (Å²) in [5.41, 5.74) is 0.381. The van der Waals surface area contributed by atoms with E-state index in [-0.39, 0.29) is 0 Å². The highest BCUT2D eigenvalue weighted by molar-refractivity contribution is 5.24. The molecule has 0 aliphatic carbocycles. The summed E-state index contributed by atoms with van der Waals surface area (Å²) in [6.45, 7) is 2.76. The molecule has 0 spiro atoms. The Labute approximate surface area is 104 Å². The molecule has 2 heterocycles. The fourth-order valence-electron chi connectivity index (χ4n) is 2.87. The first-order chi connectivity index (χ1) is 8.52. The topological polar surface area (TPSA) is 15.3 Å². The number of piperazine rings is 1. The Balaban J connectivity index is 1.67. The number of hydrogen-bond donors (Lipinski definition) is 1. The minimum absolute atomic E-state index is 0.553. The summed E-state index contributed by atoms with van der Waals surface area (Å²) in [7, 11) is 0. The maximum atomic E-state index is 12.4. The SMILES string of the molecule is FC(F)(F)c1ccc(CN2C[C@H]3C[C@H]2CN3)cc1. The van der Waals surface area contributed by atoms with Crippen LogP contribution in [0.1, 0.15) is 17.5 Å². The van der Waals surface area contributed by atoms with E-state index in [0.717, 1.165) is 25.2 Å². The Hall–Kier alpha value is -1.07. The first kappa shape index (κ1) is 12.0. The van der Waals surface area contributed by atoms with Gasteiger partial charge in [0.05, 0.1) is 5.56 Å². The van der Waals surface area contributed by atoms with Gasteiger partial charge >= 0.3 is 6.18 Å². The highest BCUT2D eigenvalue weighted by Crippen LogP contribution is 2.30. The van der Waals surface area contributed by atoms with Crippen molar-refractivity contribution in [3.8, 4) is 0 Å². The van der Waals surface area contributed by atoms with E-state index in [4.69, 9.17) is 0 Å². The van der Waals surface area contributed by atoms with Crippen molar-refractivity contribution in [3.63, 3.8) is 0 Å². The summed E-state index contributed by atoms with van der Waals surface area (Å²) in [5.74, 6) is 0. The van der Waals surface area contributed by atoms with Crippen LogP contribution in [0.25, 0.3) is 0 Å². The highest BCUT2D eigenvalue weighted by atomic mass is 19.4. The monoisotopic (exact) mass is 256 g/mol. The van der Waals surface area contributed by atoms with Crippen molar-refractivity contribution in [3.05, 3.63) is 35.4 Å². The van der Waals surface area contributed by atoms with Crippen molar-refractivity contribution in [2.75, 3.05) is 13.1 Å². The van der Waals surface area contributed by atoms with Gasteiger partial charge < -0.3 is 5.32 Å². The molecule has 2 saturated heterocycles. The molecule has 0 aromatic heterocycles. The molecule has 0 saturated carbocycles. The normalized spacial score (nSPS) is 27.9. The molecule has 0 radical (unpaired) electrons. The molecule has 2 fully saturated rings. The molecule has 1 aromatic rings. The summed E-state index contributed by atoms with van der Waals surface area (Å²) >= 11 is 0. The molecular weight excluding hydrogens is 241 g/mol. The first-order valence-electron chi connectivity index (χ1n) is 6.16. The molecule has 2 atom stereocenters. The van der Waals surface area contributed by atoms with Gasteiger partial charge in [-0.15, -0.1) is 0 Å². The summed E-state index contributed by atoms with van der Waals surface area (Å²) in [4.78, 5) is 2.35. The minimum Gasteiger partial charge on any atom is -0.311 e. The number of likely N-dealkylation sites (tertiary alicyclic amines) is 1. The third kappa shape index (κ3) is 2.24. The molecule has 18 heavy (non-hydrogen) atoms. The quantitative estimate of drug-likeness (QED) is 0.873. The van der Waals surface area contributed by atoms with Crippen molar-refractivity contribution < 1.29 is 13.2 Å². The van der Waals surface area contributed by atoms with E-state index in [1.807, 2.05) is 0 Å². The van der Waals surface area contributed by atoms with Crippen LogP contribution in [0, 0.1) is 0 Å². The van der Waals surface area contributed by atoms with Gasteiger partial charge in [-0.3, -0.25) is 4.90 Å². The van der Waals surface area contributed by atoms with Gasteiger partial charge in [0.15, 0.2) is 0 Å². The Morgan fingerprint density at radius 2 is 1.94 bits per heavy atom. The van der Waals surface area contributed by atoms with Crippen LogP contribution in [-0.2, 0) is 12.7 Å². The van der Waals surface area contributed by atoms with Gasteiger partial charge in [-0.2, -0.15) is 13.2 Å². The van der Waals surface area contributed by atoms with E-state index in [9.17, 15) is 13.2 Å².